The van der Waals surface area contributed by atoms with Gasteiger partial charge in [0.2, 0.25) is 0 Å². The number of hydrogen-bond donors (Lipinski definition) is 0. The summed E-state index contributed by atoms with van der Waals surface area (Å²) in [4.78, 5) is 12.7. The second-order valence-corrected chi connectivity index (χ2v) is 6.56. The van der Waals surface area contributed by atoms with Crippen molar-refractivity contribution in [3.63, 3.8) is 0 Å². The zero-order valence-corrected chi connectivity index (χ0v) is 12.5. The maximum atomic E-state index is 12.0. The molecule has 19 heavy (non-hydrogen) atoms. The Morgan fingerprint density at radius 2 is 1.95 bits per heavy atom. The van der Waals surface area contributed by atoms with Gasteiger partial charge in [0.15, 0.2) is 0 Å². The molecule has 1 aromatic heterocycles. The van der Waals surface area contributed by atoms with Crippen LogP contribution < -0.4 is 4.74 Å². The van der Waals surface area contributed by atoms with Crippen molar-refractivity contribution >= 4 is 17.3 Å². The number of esters is 1. The largest absolute Gasteiger partial charge is 0.422 e. The molecule has 1 heterocycles. The third-order valence-electron chi connectivity index (χ3n) is 2.87. The minimum Gasteiger partial charge on any atom is -0.422 e. The lowest BCUT2D eigenvalue weighted by Gasteiger charge is -2.22. The highest BCUT2D eigenvalue weighted by atomic mass is 32.1. The van der Waals surface area contributed by atoms with Crippen molar-refractivity contribution in [2.45, 2.75) is 33.1 Å². The zero-order valence-electron chi connectivity index (χ0n) is 11.7. The molecular weight excluding hydrogens is 256 g/mol. The number of hydrogen-bond acceptors (Lipinski definition) is 3. The van der Waals surface area contributed by atoms with E-state index in [0.29, 0.717) is 10.6 Å². The molecule has 0 amide bonds. The van der Waals surface area contributed by atoms with Crippen LogP contribution in [0.5, 0.6) is 5.75 Å². The molecular formula is C16H18O2S. The van der Waals surface area contributed by atoms with Crippen molar-refractivity contribution in [1.29, 1.82) is 0 Å². The summed E-state index contributed by atoms with van der Waals surface area (Å²) in [5.74, 6) is 0.362. The Labute approximate surface area is 118 Å². The van der Waals surface area contributed by atoms with Crippen LogP contribution in [0.1, 0.15) is 41.6 Å². The van der Waals surface area contributed by atoms with Gasteiger partial charge in [-0.25, -0.2) is 4.79 Å². The van der Waals surface area contributed by atoms with Crippen LogP contribution in [0, 0.1) is 6.92 Å². The molecule has 0 aliphatic carbocycles. The van der Waals surface area contributed by atoms with E-state index in [9.17, 15) is 4.79 Å². The number of carbonyl (C=O) groups excluding carboxylic acids is 1. The summed E-state index contributed by atoms with van der Waals surface area (Å²) in [5.41, 5.74) is 2.16. The summed E-state index contributed by atoms with van der Waals surface area (Å²) in [7, 11) is 0. The van der Waals surface area contributed by atoms with Crippen molar-refractivity contribution in [3.05, 3.63) is 51.7 Å². The van der Waals surface area contributed by atoms with E-state index in [1.807, 2.05) is 30.5 Å². The van der Waals surface area contributed by atoms with E-state index in [-0.39, 0.29) is 11.4 Å². The summed E-state index contributed by atoms with van der Waals surface area (Å²) in [6, 6.07) is 9.55. The molecule has 0 aliphatic heterocycles. The van der Waals surface area contributed by atoms with Gasteiger partial charge < -0.3 is 4.74 Å². The minimum atomic E-state index is -0.288. The number of benzene rings is 1. The fraction of sp³-hybridized carbons (Fsp3) is 0.312. The number of aryl methyl sites for hydroxylation is 1. The van der Waals surface area contributed by atoms with Crippen LogP contribution in [0.4, 0.5) is 0 Å². The molecule has 0 spiro atoms. The Balaban J connectivity index is 2.33. The summed E-state index contributed by atoms with van der Waals surface area (Å²) >= 11 is 1.39. The third kappa shape index (κ3) is 3.24. The first-order chi connectivity index (χ1) is 8.88. The van der Waals surface area contributed by atoms with E-state index in [2.05, 4.69) is 26.8 Å². The molecule has 2 nitrogen and oxygen atoms in total. The van der Waals surface area contributed by atoms with Crippen LogP contribution in [0.15, 0.2) is 35.7 Å². The number of carbonyl (C=O) groups is 1. The molecule has 0 saturated carbocycles. The van der Waals surface area contributed by atoms with Crippen LogP contribution >= 0.6 is 11.3 Å². The SMILES string of the molecule is Cc1ccc(OC(=O)c2cccs2)c(C(C)(C)C)c1. The molecule has 1 aromatic carbocycles. The van der Waals surface area contributed by atoms with Crippen molar-refractivity contribution < 1.29 is 9.53 Å². The average Bonchev–Trinajstić information content (AvgIpc) is 2.83. The summed E-state index contributed by atoms with van der Waals surface area (Å²) in [5, 5.41) is 1.87. The van der Waals surface area contributed by atoms with Crippen LogP contribution in [0.25, 0.3) is 0 Å². The van der Waals surface area contributed by atoms with Crippen LogP contribution in [-0.4, -0.2) is 5.97 Å². The average molecular weight is 274 g/mol. The van der Waals surface area contributed by atoms with Crippen molar-refractivity contribution in [2.75, 3.05) is 0 Å². The molecule has 3 heteroatoms. The van der Waals surface area contributed by atoms with Gasteiger partial charge >= 0.3 is 5.97 Å². The molecule has 0 fully saturated rings. The Hall–Kier alpha value is -1.61. The summed E-state index contributed by atoms with van der Waals surface area (Å²) in [6.07, 6.45) is 0. The maximum absolute atomic E-state index is 12.0. The Bertz CT molecular complexity index is 577. The molecule has 0 bridgehead atoms. The Morgan fingerprint density at radius 1 is 1.21 bits per heavy atom. The first-order valence-corrected chi connectivity index (χ1v) is 7.13. The minimum absolute atomic E-state index is 0.0584. The van der Waals surface area contributed by atoms with E-state index >= 15 is 0 Å². The highest BCUT2D eigenvalue weighted by Gasteiger charge is 2.21. The molecule has 0 N–H and O–H groups in total. The van der Waals surface area contributed by atoms with Crippen LogP contribution in [0.3, 0.4) is 0 Å². The van der Waals surface area contributed by atoms with E-state index < -0.39 is 0 Å². The topological polar surface area (TPSA) is 26.3 Å². The van der Waals surface area contributed by atoms with Crippen molar-refractivity contribution in [3.8, 4) is 5.75 Å². The van der Waals surface area contributed by atoms with E-state index in [1.54, 1.807) is 6.07 Å². The fourth-order valence-corrected chi connectivity index (χ4v) is 2.46. The van der Waals surface area contributed by atoms with E-state index in [4.69, 9.17) is 4.74 Å². The first-order valence-electron chi connectivity index (χ1n) is 6.25. The maximum Gasteiger partial charge on any atom is 0.353 e. The normalized spacial score (nSPS) is 11.4. The molecule has 0 radical (unpaired) electrons. The number of thiophene rings is 1. The highest BCUT2D eigenvalue weighted by molar-refractivity contribution is 7.12. The standard InChI is InChI=1S/C16H18O2S/c1-11-7-8-13(12(10-11)16(2,3)4)18-15(17)14-6-5-9-19-14/h5-10H,1-4H3. The van der Waals surface area contributed by atoms with E-state index in [1.165, 1.54) is 16.9 Å². The van der Waals surface area contributed by atoms with Crippen molar-refractivity contribution in [1.82, 2.24) is 0 Å². The molecule has 0 atom stereocenters. The molecule has 0 aliphatic rings. The zero-order chi connectivity index (χ0) is 14.0. The van der Waals surface area contributed by atoms with Gasteiger partial charge in [0.05, 0.1) is 0 Å². The van der Waals surface area contributed by atoms with Gasteiger partial charge in [0, 0.05) is 5.56 Å². The molecule has 2 aromatic rings. The first kappa shape index (κ1) is 13.8. The van der Waals surface area contributed by atoms with Gasteiger partial charge in [-0.05, 0) is 29.9 Å². The highest BCUT2D eigenvalue weighted by Crippen LogP contribution is 2.32. The van der Waals surface area contributed by atoms with Gasteiger partial charge in [-0.15, -0.1) is 11.3 Å². The summed E-state index contributed by atoms with van der Waals surface area (Å²) < 4.78 is 5.54. The summed E-state index contributed by atoms with van der Waals surface area (Å²) in [6.45, 7) is 8.39. The second kappa shape index (κ2) is 5.17. The van der Waals surface area contributed by atoms with Gasteiger partial charge in [-0.1, -0.05) is 44.5 Å². The van der Waals surface area contributed by atoms with Gasteiger partial charge in [0.1, 0.15) is 10.6 Å². The predicted molar refractivity (Wildman–Crippen MR) is 79.2 cm³/mol. The van der Waals surface area contributed by atoms with Gasteiger partial charge in [-0.3, -0.25) is 0 Å². The van der Waals surface area contributed by atoms with E-state index in [0.717, 1.165) is 5.56 Å². The quantitative estimate of drug-likeness (QED) is 0.592. The van der Waals surface area contributed by atoms with Crippen molar-refractivity contribution in [2.24, 2.45) is 0 Å². The van der Waals surface area contributed by atoms with Crippen LogP contribution in [-0.2, 0) is 5.41 Å². The van der Waals surface area contributed by atoms with Crippen LogP contribution in [0.2, 0.25) is 0 Å². The predicted octanol–water partition coefficient (Wildman–Crippen LogP) is 4.57. The van der Waals surface area contributed by atoms with Gasteiger partial charge in [0.25, 0.3) is 0 Å². The lowest BCUT2D eigenvalue weighted by molar-refractivity contribution is 0.0737. The Kier molecular flexibility index (Phi) is 3.76. The molecule has 2 rings (SSSR count). The fourth-order valence-electron chi connectivity index (χ4n) is 1.86. The molecule has 0 saturated heterocycles. The monoisotopic (exact) mass is 274 g/mol. The molecule has 0 unspecified atom stereocenters. The number of ether oxygens (including phenoxy) is 1. The second-order valence-electron chi connectivity index (χ2n) is 5.62. The smallest absolute Gasteiger partial charge is 0.353 e. The number of rotatable bonds is 2. The third-order valence-corrected chi connectivity index (χ3v) is 3.72. The lowest BCUT2D eigenvalue weighted by Crippen LogP contribution is -2.16. The lowest BCUT2D eigenvalue weighted by atomic mass is 9.85. The molecule has 100 valence electrons. The van der Waals surface area contributed by atoms with Gasteiger partial charge in [-0.2, -0.15) is 0 Å². The Morgan fingerprint density at radius 3 is 2.53 bits per heavy atom.